The molecular formula is C25H34ClN5O2. The van der Waals surface area contributed by atoms with Gasteiger partial charge in [0.25, 0.3) is 0 Å². The lowest BCUT2D eigenvalue weighted by molar-refractivity contribution is -0.132. The largest absolute Gasteiger partial charge is 0.384 e. The number of aromatic nitrogens is 2. The number of methoxy groups -OCH3 is 1. The Morgan fingerprint density at radius 3 is 2.52 bits per heavy atom. The lowest BCUT2D eigenvalue weighted by Gasteiger charge is -2.35. The zero-order valence-corrected chi connectivity index (χ0v) is 20.7. The fourth-order valence-corrected chi connectivity index (χ4v) is 4.40. The van der Waals surface area contributed by atoms with Crippen LogP contribution in [-0.2, 0) is 16.1 Å². The molecule has 0 bridgehead atoms. The van der Waals surface area contributed by atoms with Gasteiger partial charge in [-0.25, -0.2) is 4.98 Å². The predicted molar refractivity (Wildman–Crippen MR) is 135 cm³/mol. The van der Waals surface area contributed by atoms with Crippen LogP contribution in [0.5, 0.6) is 0 Å². The lowest BCUT2D eigenvalue weighted by atomic mass is 10.0. The van der Waals surface area contributed by atoms with Crippen molar-refractivity contribution in [1.82, 2.24) is 14.3 Å². The van der Waals surface area contributed by atoms with E-state index in [1.54, 1.807) is 7.11 Å². The van der Waals surface area contributed by atoms with Crippen LogP contribution in [0, 0.1) is 6.92 Å². The van der Waals surface area contributed by atoms with E-state index in [2.05, 4.69) is 26.5 Å². The number of nitrogens with two attached hydrogens (primary N) is 1. The molecule has 0 spiro atoms. The molecule has 2 aromatic heterocycles. The highest BCUT2D eigenvalue weighted by atomic mass is 35.5. The number of pyridine rings is 1. The summed E-state index contributed by atoms with van der Waals surface area (Å²) in [6, 6.07) is 8.09. The molecule has 0 atom stereocenters. The van der Waals surface area contributed by atoms with E-state index in [1.165, 1.54) is 0 Å². The molecule has 178 valence electrons. The summed E-state index contributed by atoms with van der Waals surface area (Å²) < 4.78 is 7.12. The van der Waals surface area contributed by atoms with Gasteiger partial charge in [0.05, 0.1) is 19.2 Å². The Morgan fingerprint density at radius 1 is 1.15 bits per heavy atom. The molecule has 0 saturated carbocycles. The van der Waals surface area contributed by atoms with Crippen LogP contribution < -0.4 is 10.6 Å². The number of amides is 1. The Balaban J connectivity index is 0.00000149. The molecule has 2 N–H and O–H groups in total. The average Bonchev–Trinajstić information content (AvgIpc) is 3.26. The lowest BCUT2D eigenvalue weighted by Crippen LogP contribution is -2.49. The molecule has 3 aromatic rings. The molecule has 1 aliphatic heterocycles. The highest BCUT2D eigenvalue weighted by Crippen LogP contribution is 2.33. The van der Waals surface area contributed by atoms with Gasteiger partial charge in [0, 0.05) is 62.2 Å². The van der Waals surface area contributed by atoms with Gasteiger partial charge in [-0.1, -0.05) is 37.6 Å². The molecule has 0 unspecified atom stereocenters. The first-order valence-electron chi connectivity index (χ1n) is 11.5. The average molecular weight is 472 g/mol. The number of halogens is 1. The quantitative estimate of drug-likeness (QED) is 0.584. The summed E-state index contributed by atoms with van der Waals surface area (Å²) in [5.74, 6) is 1.15. The first-order chi connectivity index (χ1) is 16.0. The third kappa shape index (κ3) is 5.49. The van der Waals surface area contributed by atoms with E-state index in [4.69, 9.17) is 22.1 Å². The van der Waals surface area contributed by atoms with Crippen molar-refractivity contribution in [2.75, 3.05) is 44.8 Å². The van der Waals surface area contributed by atoms with Gasteiger partial charge < -0.3 is 20.3 Å². The van der Waals surface area contributed by atoms with E-state index >= 15 is 0 Å². The van der Waals surface area contributed by atoms with Gasteiger partial charge in [-0.05, 0) is 30.2 Å². The summed E-state index contributed by atoms with van der Waals surface area (Å²) in [5.41, 5.74) is 11.0. The topological polar surface area (TPSA) is 76.1 Å². The molecule has 1 amide bonds. The number of aryl methyl sites for hydroxylation is 1. The summed E-state index contributed by atoms with van der Waals surface area (Å²) in [7, 11) is 1.62. The van der Waals surface area contributed by atoms with Crippen LogP contribution in [-0.4, -0.2) is 60.1 Å². The fraction of sp³-hybridized carbons (Fsp3) is 0.440. The smallest absolute Gasteiger partial charge is 0.225 e. The molecule has 8 heteroatoms. The van der Waals surface area contributed by atoms with Gasteiger partial charge in [-0.15, -0.1) is 0 Å². The summed E-state index contributed by atoms with van der Waals surface area (Å²) >= 11 is 6.57. The Morgan fingerprint density at radius 2 is 1.88 bits per heavy atom. The van der Waals surface area contributed by atoms with Crippen LogP contribution in [0.4, 0.5) is 5.82 Å². The molecule has 0 aliphatic carbocycles. The molecule has 0 radical (unpaired) electrons. The van der Waals surface area contributed by atoms with Crippen molar-refractivity contribution < 1.29 is 9.53 Å². The molecule has 1 saturated heterocycles. The second-order valence-electron chi connectivity index (χ2n) is 7.86. The van der Waals surface area contributed by atoms with Crippen molar-refractivity contribution in [3.63, 3.8) is 0 Å². The van der Waals surface area contributed by atoms with E-state index < -0.39 is 0 Å². The van der Waals surface area contributed by atoms with Crippen LogP contribution in [0.3, 0.4) is 0 Å². The summed E-state index contributed by atoms with van der Waals surface area (Å²) in [5, 5.41) is 0.707. The second-order valence-corrected chi connectivity index (χ2v) is 8.26. The number of imidazole rings is 1. The second kappa shape index (κ2) is 11.5. The number of carbonyl (C=O) groups is 1. The van der Waals surface area contributed by atoms with Gasteiger partial charge in [0.15, 0.2) is 0 Å². The van der Waals surface area contributed by atoms with Gasteiger partial charge in [-0.3, -0.25) is 9.20 Å². The first-order valence-corrected chi connectivity index (χ1v) is 11.9. The molecule has 4 rings (SSSR count). The number of nitrogens with zero attached hydrogens (tertiary/aromatic N) is 4. The van der Waals surface area contributed by atoms with Crippen LogP contribution in [0.1, 0.15) is 31.4 Å². The van der Waals surface area contributed by atoms with Crippen molar-refractivity contribution in [2.24, 2.45) is 5.73 Å². The van der Waals surface area contributed by atoms with Crippen LogP contribution >= 0.6 is 11.6 Å². The minimum absolute atomic E-state index is 0.142. The molecule has 33 heavy (non-hydrogen) atoms. The summed E-state index contributed by atoms with van der Waals surface area (Å²) in [6.07, 6.45) is 4.39. The maximum absolute atomic E-state index is 12.3. The van der Waals surface area contributed by atoms with Crippen molar-refractivity contribution in [2.45, 2.75) is 33.7 Å². The normalized spacial score (nSPS) is 13.8. The monoisotopic (exact) mass is 471 g/mol. The van der Waals surface area contributed by atoms with E-state index in [9.17, 15) is 4.79 Å². The van der Waals surface area contributed by atoms with E-state index in [1.807, 2.05) is 50.1 Å². The summed E-state index contributed by atoms with van der Waals surface area (Å²) in [6.45, 7) is 9.77. The number of fused-ring (bicyclic) bond motifs is 1. The van der Waals surface area contributed by atoms with Crippen molar-refractivity contribution in [3.05, 3.63) is 52.8 Å². The number of hydrogen-bond acceptors (Lipinski definition) is 5. The summed E-state index contributed by atoms with van der Waals surface area (Å²) in [4.78, 5) is 21.1. The third-order valence-electron chi connectivity index (χ3n) is 5.82. The van der Waals surface area contributed by atoms with Crippen molar-refractivity contribution in [1.29, 1.82) is 0 Å². The number of ether oxygens (including phenoxy) is 1. The maximum Gasteiger partial charge on any atom is 0.225 e. The fourth-order valence-electron chi connectivity index (χ4n) is 4.07. The molecular weight excluding hydrogens is 438 g/mol. The van der Waals surface area contributed by atoms with Crippen molar-refractivity contribution >= 4 is 29.0 Å². The van der Waals surface area contributed by atoms with Crippen LogP contribution in [0.2, 0.25) is 5.02 Å². The van der Waals surface area contributed by atoms with Crippen molar-refractivity contribution in [3.8, 4) is 11.1 Å². The van der Waals surface area contributed by atoms with Crippen LogP contribution in [0.15, 0.2) is 36.7 Å². The molecule has 3 heterocycles. The highest BCUT2D eigenvalue weighted by Gasteiger charge is 2.23. The minimum Gasteiger partial charge on any atom is -0.384 e. The zero-order valence-electron chi connectivity index (χ0n) is 20.0. The number of rotatable bonds is 6. The molecule has 1 fully saturated rings. The standard InChI is InChI=1S/C23H28ClN5O2.C2H6/c1-16-3-4-18(20(24)11-16)19-15-29-21(12-17(19)13-25)26-14-22(29)27-6-8-28(9-7-27)23(30)5-10-31-2;1-2/h3-4,11-12,14-15H,5-10,13,25H2,1-2H3;1-2H3. The minimum atomic E-state index is 0.142. The Kier molecular flexibility index (Phi) is 8.72. The highest BCUT2D eigenvalue weighted by molar-refractivity contribution is 6.33. The van der Waals surface area contributed by atoms with E-state index in [0.717, 1.165) is 46.8 Å². The third-order valence-corrected chi connectivity index (χ3v) is 6.14. The number of piperazine rings is 1. The molecule has 1 aliphatic rings. The number of benzene rings is 1. The van der Waals surface area contributed by atoms with E-state index in [-0.39, 0.29) is 5.91 Å². The number of hydrogen-bond donors (Lipinski definition) is 1. The number of anilines is 1. The van der Waals surface area contributed by atoms with Gasteiger partial charge in [-0.2, -0.15) is 0 Å². The van der Waals surface area contributed by atoms with Gasteiger partial charge in [0.2, 0.25) is 5.91 Å². The molecule has 1 aromatic carbocycles. The Labute approximate surface area is 201 Å². The Bertz CT molecular complexity index is 1090. The van der Waals surface area contributed by atoms with Gasteiger partial charge in [0.1, 0.15) is 11.5 Å². The number of carbonyl (C=O) groups excluding carboxylic acids is 1. The zero-order chi connectivity index (χ0) is 24.0. The Hall–Kier alpha value is -2.61. The SMILES string of the molecule is CC.COCCC(=O)N1CCN(c2cnc3cc(CN)c(-c4ccc(C)cc4Cl)cn23)CC1. The maximum atomic E-state index is 12.3. The first kappa shape index (κ1) is 25.0. The van der Waals surface area contributed by atoms with Gasteiger partial charge >= 0.3 is 0 Å². The van der Waals surface area contributed by atoms with Crippen LogP contribution in [0.25, 0.3) is 16.8 Å². The predicted octanol–water partition coefficient (Wildman–Crippen LogP) is 4.13. The molecule has 7 nitrogen and oxygen atoms in total. The van der Waals surface area contributed by atoms with E-state index in [0.29, 0.717) is 37.7 Å².